The molecule has 13 heavy (non-hydrogen) atoms. The van der Waals surface area contributed by atoms with Crippen LogP contribution in [0.15, 0.2) is 16.6 Å². The van der Waals surface area contributed by atoms with Crippen LogP contribution < -0.4 is 5.73 Å². The van der Waals surface area contributed by atoms with Crippen LogP contribution in [0.25, 0.3) is 0 Å². The molecule has 0 unspecified atom stereocenters. The second-order valence-electron chi connectivity index (χ2n) is 3.49. The van der Waals surface area contributed by atoms with Crippen molar-refractivity contribution in [3.8, 4) is 5.75 Å². The number of phenols is 1. The van der Waals surface area contributed by atoms with E-state index in [1.54, 1.807) is 6.07 Å². The molecule has 0 heterocycles. The summed E-state index contributed by atoms with van der Waals surface area (Å²) in [5.41, 5.74) is 8.08. The van der Waals surface area contributed by atoms with Gasteiger partial charge in [-0.25, -0.2) is 0 Å². The first-order valence-electron chi connectivity index (χ1n) is 4.45. The average Bonchev–Trinajstić information content (AvgIpc) is 2.07. The molecule has 0 saturated heterocycles. The molecule has 2 nitrogen and oxygen atoms in total. The van der Waals surface area contributed by atoms with Crippen molar-refractivity contribution >= 4 is 15.9 Å². The third-order valence-electron chi connectivity index (χ3n) is 2.57. The predicted molar refractivity (Wildman–Crippen MR) is 55.7 cm³/mol. The summed E-state index contributed by atoms with van der Waals surface area (Å²) in [5.74, 6) is 0.375. The first-order valence-corrected chi connectivity index (χ1v) is 5.24. The molecule has 0 spiro atoms. The smallest absolute Gasteiger partial charge is 0.120 e. The van der Waals surface area contributed by atoms with Crippen LogP contribution in [0.2, 0.25) is 0 Å². The van der Waals surface area contributed by atoms with Crippen LogP contribution in [0.5, 0.6) is 5.75 Å². The van der Waals surface area contributed by atoms with E-state index >= 15 is 0 Å². The van der Waals surface area contributed by atoms with Crippen LogP contribution in [0.4, 0.5) is 0 Å². The number of rotatable bonds is 0. The minimum atomic E-state index is 0.0900. The summed E-state index contributed by atoms with van der Waals surface area (Å²) in [5, 5.41) is 9.67. The minimum absolute atomic E-state index is 0.0900. The van der Waals surface area contributed by atoms with E-state index in [9.17, 15) is 5.11 Å². The van der Waals surface area contributed by atoms with E-state index in [1.807, 2.05) is 6.07 Å². The number of benzene rings is 1. The van der Waals surface area contributed by atoms with Gasteiger partial charge < -0.3 is 10.8 Å². The van der Waals surface area contributed by atoms with Crippen LogP contribution in [-0.4, -0.2) is 5.11 Å². The Morgan fingerprint density at radius 1 is 1.46 bits per heavy atom. The van der Waals surface area contributed by atoms with Gasteiger partial charge in [-0.2, -0.15) is 0 Å². The van der Waals surface area contributed by atoms with Gasteiger partial charge in [-0.3, -0.25) is 0 Å². The summed E-state index contributed by atoms with van der Waals surface area (Å²) >= 11 is 3.35. The Bertz CT molecular complexity index is 338. The predicted octanol–water partition coefficient (Wildman–Crippen LogP) is 2.49. The molecule has 0 amide bonds. The van der Waals surface area contributed by atoms with Crippen molar-refractivity contribution in [1.29, 1.82) is 0 Å². The lowest BCUT2D eigenvalue weighted by Gasteiger charge is -2.23. The molecular formula is C10H12BrNO. The van der Waals surface area contributed by atoms with Gasteiger partial charge in [0.2, 0.25) is 0 Å². The van der Waals surface area contributed by atoms with Gasteiger partial charge in [0.05, 0.1) is 0 Å². The first-order chi connectivity index (χ1) is 6.18. The van der Waals surface area contributed by atoms with Gasteiger partial charge in [0.25, 0.3) is 0 Å². The largest absolute Gasteiger partial charge is 0.508 e. The monoisotopic (exact) mass is 241 g/mol. The molecule has 2 rings (SSSR count). The molecule has 0 fully saturated rings. The zero-order valence-electron chi connectivity index (χ0n) is 7.26. The Balaban J connectivity index is 2.56. The number of hydrogen-bond donors (Lipinski definition) is 2. The normalized spacial score (nSPS) is 21.2. The molecule has 1 aromatic rings. The SMILES string of the molecule is N[C@@H]1CCCc2c(O)cc(Br)cc21. The highest BCUT2D eigenvalue weighted by Gasteiger charge is 2.19. The van der Waals surface area contributed by atoms with Crippen molar-refractivity contribution < 1.29 is 5.11 Å². The molecule has 0 radical (unpaired) electrons. The minimum Gasteiger partial charge on any atom is -0.508 e. The molecule has 3 heteroatoms. The topological polar surface area (TPSA) is 46.2 Å². The highest BCUT2D eigenvalue weighted by Crippen LogP contribution is 2.35. The molecule has 3 N–H and O–H groups in total. The Morgan fingerprint density at radius 2 is 2.23 bits per heavy atom. The number of phenolic OH excluding ortho intramolecular Hbond substituents is 1. The van der Waals surface area contributed by atoms with Gasteiger partial charge in [0.15, 0.2) is 0 Å². The van der Waals surface area contributed by atoms with Crippen LogP contribution in [0.1, 0.15) is 30.0 Å². The molecule has 70 valence electrons. The van der Waals surface area contributed by atoms with E-state index < -0.39 is 0 Å². The Hall–Kier alpha value is -0.540. The standard InChI is InChI=1S/C10H12BrNO/c11-6-4-8-7(10(13)5-6)2-1-3-9(8)12/h4-5,9,13H,1-3,12H2/t9-/m1/s1. The number of hydrogen-bond acceptors (Lipinski definition) is 2. The summed E-state index contributed by atoms with van der Waals surface area (Å²) < 4.78 is 0.904. The van der Waals surface area contributed by atoms with Crippen molar-refractivity contribution in [2.75, 3.05) is 0 Å². The molecule has 1 atom stereocenters. The van der Waals surface area contributed by atoms with Crippen molar-refractivity contribution in [1.82, 2.24) is 0 Å². The Kier molecular flexibility index (Phi) is 2.30. The molecule has 0 aliphatic heterocycles. The summed E-state index contributed by atoms with van der Waals surface area (Å²) in [6, 6.07) is 3.84. The van der Waals surface area contributed by atoms with Crippen LogP contribution in [0.3, 0.4) is 0 Å². The summed E-state index contributed by atoms with van der Waals surface area (Å²) in [4.78, 5) is 0. The van der Waals surface area contributed by atoms with Gasteiger partial charge in [-0.05, 0) is 42.5 Å². The lowest BCUT2D eigenvalue weighted by atomic mass is 9.88. The van der Waals surface area contributed by atoms with E-state index in [2.05, 4.69) is 15.9 Å². The van der Waals surface area contributed by atoms with Gasteiger partial charge in [0.1, 0.15) is 5.75 Å². The fraction of sp³-hybridized carbons (Fsp3) is 0.400. The second kappa shape index (κ2) is 3.31. The van der Waals surface area contributed by atoms with Crippen molar-refractivity contribution in [3.05, 3.63) is 27.7 Å². The molecule has 0 bridgehead atoms. The summed E-state index contributed by atoms with van der Waals surface area (Å²) in [7, 11) is 0. The van der Waals surface area contributed by atoms with Crippen molar-refractivity contribution in [2.24, 2.45) is 5.73 Å². The number of halogens is 1. The number of aromatic hydroxyl groups is 1. The fourth-order valence-corrected chi connectivity index (χ4v) is 2.36. The molecule has 1 aliphatic carbocycles. The Morgan fingerprint density at radius 3 is 3.00 bits per heavy atom. The maximum Gasteiger partial charge on any atom is 0.120 e. The van der Waals surface area contributed by atoms with Gasteiger partial charge in [0, 0.05) is 10.5 Å². The highest BCUT2D eigenvalue weighted by molar-refractivity contribution is 9.10. The quantitative estimate of drug-likeness (QED) is 0.734. The third-order valence-corrected chi connectivity index (χ3v) is 3.02. The van der Waals surface area contributed by atoms with Gasteiger partial charge in [-0.15, -0.1) is 0 Å². The highest BCUT2D eigenvalue weighted by atomic mass is 79.9. The van der Waals surface area contributed by atoms with Gasteiger partial charge >= 0.3 is 0 Å². The van der Waals surface area contributed by atoms with Crippen molar-refractivity contribution in [3.63, 3.8) is 0 Å². The van der Waals surface area contributed by atoms with E-state index in [1.165, 1.54) is 0 Å². The fourth-order valence-electron chi connectivity index (χ4n) is 1.90. The lowest BCUT2D eigenvalue weighted by molar-refractivity contribution is 0.454. The number of nitrogens with two attached hydrogens (primary N) is 1. The summed E-state index contributed by atoms with van der Waals surface area (Å²) in [6.45, 7) is 0. The first kappa shape index (κ1) is 9.03. The summed E-state index contributed by atoms with van der Waals surface area (Å²) in [6.07, 6.45) is 3.04. The zero-order valence-corrected chi connectivity index (χ0v) is 8.84. The average molecular weight is 242 g/mol. The van der Waals surface area contributed by atoms with Gasteiger partial charge in [-0.1, -0.05) is 15.9 Å². The molecular weight excluding hydrogens is 230 g/mol. The van der Waals surface area contributed by atoms with E-state index in [0.29, 0.717) is 5.75 Å². The zero-order chi connectivity index (χ0) is 9.42. The van der Waals surface area contributed by atoms with Crippen LogP contribution in [-0.2, 0) is 6.42 Å². The van der Waals surface area contributed by atoms with E-state index in [0.717, 1.165) is 34.9 Å². The molecule has 1 aliphatic rings. The van der Waals surface area contributed by atoms with E-state index in [-0.39, 0.29) is 6.04 Å². The van der Waals surface area contributed by atoms with E-state index in [4.69, 9.17) is 5.73 Å². The molecule has 0 aromatic heterocycles. The third kappa shape index (κ3) is 1.58. The maximum atomic E-state index is 9.67. The van der Waals surface area contributed by atoms with Crippen molar-refractivity contribution in [2.45, 2.75) is 25.3 Å². The second-order valence-corrected chi connectivity index (χ2v) is 4.41. The van der Waals surface area contributed by atoms with Crippen LogP contribution >= 0.6 is 15.9 Å². The maximum absolute atomic E-state index is 9.67. The number of fused-ring (bicyclic) bond motifs is 1. The van der Waals surface area contributed by atoms with Crippen LogP contribution in [0, 0.1) is 0 Å². The lowest BCUT2D eigenvalue weighted by Crippen LogP contribution is -2.17. The molecule has 0 saturated carbocycles. The Labute approximate surface area is 85.9 Å². The molecule has 1 aromatic carbocycles.